The number of hydrazine groups is 1. The van der Waals surface area contributed by atoms with Crippen LogP contribution in [0.3, 0.4) is 0 Å². The first kappa shape index (κ1) is 22.5. The third-order valence-electron chi connectivity index (χ3n) is 4.41. The fourth-order valence-corrected chi connectivity index (χ4v) is 2.74. The van der Waals surface area contributed by atoms with Gasteiger partial charge in [0.1, 0.15) is 29.6 Å². The second-order valence-electron chi connectivity index (χ2n) is 6.60. The summed E-state index contributed by atoms with van der Waals surface area (Å²) in [4.78, 5) is 24.3. The molecule has 0 atom stereocenters. The van der Waals surface area contributed by atoms with E-state index in [1.165, 1.54) is 20.3 Å². The van der Waals surface area contributed by atoms with Crippen LogP contribution in [0.25, 0.3) is 0 Å². The molecule has 3 rings (SSSR count). The van der Waals surface area contributed by atoms with Crippen molar-refractivity contribution in [1.82, 2.24) is 10.9 Å². The van der Waals surface area contributed by atoms with Crippen molar-refractivity contribution in [3.8, 4) is 23.0 Å². The number of benzene rings is 3. The molecular formula is C24H24N2O6. The molecule has 2 amide bonds. The third-order valence-corrected chi connectivity index (χ3v) is 4.41. The van der Waals surface area contributed by atoms with Gasteiger partial charge in [-0.2, -0.15) is 0 Å². The molecule has 8 heteroatoms. The molecular weight excluding hydrogens is 412 g/mol. The van der Waals surface area contributed by atoms with E-state index in [0.717, 1.165) is 5.56 Å². The van der Waals surface area contributed by atoms with Gasteiger partial charge in [-0.15, -0.1) is 0 Å². The monoisotopic (exact) mass is 436 g/mol. The van der Waals surface area contributed by atoms with Crippen LogP contribution in [-0.4, -0.2) is 32.6 Å². The van der Waals surface area contributed by atoms with Crippen LogP contribution < -0.4 is 29.8 Å². The standard InChI is InChI=1S/C24H24N2O6/c1-29-20-12-13-21(22(14-20)30-2)24(28)26-25-23(27)16-32-19-10-8-18(9-11-19)31-15-17-6-4-3-5-7-17/h3-14H,15-16H2,1-2H3,(H,25,27)(H,26,28). The average molecular weight is 436 g/mol. The highest BCUT2D eigenvalue weighted by Crippen LogP contribution is 2.24. The van der Waals surface area contributed by atoms with E-state index in [1.807, 2.05) is 30.3 Å². The van der Waals surface area contributed by atoms with Gasteiger partial charge in [0, 0.05) is 6.07 Å². The van der Waals surface area contributed by atoms with Crippen molar-refractivity contribution in [2.24, 2.45) is 0 Å². The number of ether oxygens (including phenoxy) is 4. The van der Waals surface area contributed by atoms with E-state index in [1.54, 1.807) is 36.4 Å². The summed E-state index contributed by atoms with van der Waals surface area (Å²) in [5.41, 5.74) is 5.95. The average Bonchev–Trinajstić information content (AvgIpc) is 2.85. The van der Waals surface area contributed by atoms with Gasteiger partial charge in [-0.05, 0) is 42.0 Å². The predicted octanol–water partition coefficient (Wildman–Crippen LogP) is 3.12. The molecule has 0 aromatic heterocycles. The molecule has 0 saturated heterocycles. The molecule has 0 heterocycles. The van der Waals surface area contributed by atoms with Gasteiger partial charge in [0.15, 0.2) is 6.61 Å². The molecule has 3 aromatic carbocycles. The number of carbonyl (C=O) groups excluding carboxylic acids is 2. The minimum Gasteiger partial charge on any atom is -0.497 e. The summed E-state index contributed by atoms with van der Waals surface area (Å²) in [7, 11) is 2.95. The SMILES string of the molecule is COc1ccc(C(=O)NNC(=O)COc2ccc(OCc3ccccc3)cc2)c(OC)c1. The second-order valence-corrected chi connectivity index (χ2v) is 6.60. The summed E-state index contributed by atoms with van der Waals surface area (Å²) in [5.74, 6) is 1.00. The van der Waals surface area contributed by atoms with E-state index in [4.69, 9.17) is 18.9 Å². The molecule has 0 fully saturated rings. The Hall–Kier alpha value is -4.20. The summed E-state index contributed by atoms with van der Waals surface area (Å²) < 4.78 is 21.4. The van der Waals surface area contributed by atoms with Gasteiger partial charge in [-0.1, -0.05) is 30.3 Å². The zero-order valence-electron chi connectivity index (χ0n) is 17.8. The highest BCUT2D eigenvalue weighted by molar-refractivity contribution is 5.98. The first-order valence-electron chi connectivity index (χ1n) is 9.80. The number of hydrogen-bond acceptors (Lipinski definition) is 6. The number of amides is 2. The van der Waals surface area contributed by atoms with Crippen LogP contribution in [0.5, 0.6) is 23.0 Å². The van der Waals surface area contributed by atoms with Crippen LogP contribution in [-0.2, 0) is 11.4 Å². The first-order chi connectivity index (χ1) is 15.6. The first-order valence-corrected chi connectivity index (χ1v) is 9.80. The lowest BCUT2D eigenvalue weighted by Crippen LogP contribution is -2.43. The maximum absolute atomic E-state index is 12.3. The van der Waals surface area contributed by atoms with E-state index >= 15 is 0 Å². The van der Waals surface area contributed by atoms with Crippen LogP contribution in [0.15, 0.2) is 72.8 Å². The molecule has 32 heavy (non-hydrogen) atoms. The van der Waals surface area contributed by atoms with Gasteiger partial charge in [0.05, 0.1) is 19.8 Å². The van der Waals surface area contributed by atoms with Crippen molar-refractivity contribution in [2.75, 3.05) is 20.8 Å². The Morgan fingerprint density at radius 1 is 0.750 bits per heavy atom. The van der Waals surface area contributed by atoms with Crippen molar-refractivity contribution in [3.05, 3.63) is 83.9 Å². The Morgan fingerprint density at radius 3 is 2.06 bits per heavy atom. The van der Waals surface area contributed by atoms with Gasteiger partial charge in [0.2, 0.25) is 0 Å². The van der Waals surface area contributed by atoms with Gasteiger partial charge in [0.25, 0.3) is 11.8 Å². The van der Waals surface area contributed by atoms with Gasteiger partial charge in [-0.25, -0.2) is 0 Å². The van der Waals surface area contributed by atoms with Crippen molar-refractivity contribution in [1.29, 1.82) is 0 Å². The Morgan fingerprint density at radius 2 is 1.41 bits per heavy atom. The molecule has 3 aromatic rings. The second kappa shape index (κ2) is 11.3. The van der Waals surface area contributed by atoms with Crippen molar-refractivity contribution < 1.29 is 28.5 Å². The Balaban J connectivity index is 1.43. The Labute approximate surface area is 186 Å². The Kier molecular flexibility index (Phi) is 7.91. The number of methoxy groups -OCH3 is 2. The van der Waals surface area contributed by atoms with Gasteiger partial charge in [-0.3, -0.25) is 20.4 Å². The van der Waals surface area contributed by atoms with Crippen LogP contribution in [0, 0.1) is 0 Å². The summed E-state index contributed by atoms with van der Waals surface area (Å²) in [6.45, 7) is 0.187. The maximum atomic E-state index is 12.3. The Bertz CT molecular complexity index is 1040. The molecule has 8 nitrogen and oxygen atoms in total. The third kappa shape index (κ3) is 6.40. The highest BCUT2D eigenvalue weighted by Gasteiger charge is 2.14. The topological polar surface area (TPSA) is 95.1 Å². The quantitative estimate of drug-likeness (QED) is 0.501. The lowest BCUT2D eigenvalue weighted by atomic mass is 10.2. The fraction of sp³-hybridized carbons (Fsp3) is 0.167. The molecule has 2 N–H and O–H groups in total. The fourth-order valence-electron chi connectivity index (χ4n) is 2.74. The van der Waals surface area contributed by atoms with Gasteiger partial charge >= 0.3 is 0 Å². The van der Waals surface area contributed by atoms with E-state index in [2.05, 4.69) is 10.9 Å². The molecule has 0 unspecified atom stereocenters. The lowest BCUT2D eigenvalue weighted by Gasteiger charge is -2.12. The number of rotatable bonds is 9. The molecule has 0 saturated carbocycles. The van der Waals surface area contributed by atoms with Crippen LogP contribution >= 0.6 is 0 Å². The van der Waals surface area contributed by atoms with E-state index in [0.29, 0.717) is 29.6 Å². The smallest absolute Gasteiger partial charge is 0.276 e. The van der Waals surface area contributed by atoms with Crippen molar-refractivity contribution in [3.63, 3.8) is 0 Å². The number of hydrogen-bond donors (Lipinski definition) is 2. The predicted molar refractivity (Wildman–Crippen MR) is 118 cm³/mol. The summed E-state index contributed by atoms with van der Waals surface area (Å²) in [5, 5.41) is 0. The molecule has 0 aliphatic carbocycles. The molecule has 0 radical (unpaired) electrons. The van der Waals surface area contributed by atoms with Crippen LogP contribution in [0.4, 0.5) is 0 Å². The van der Waals surface area contributed by atoms with E-state index in [9.17, 15) is 9.59 Å². The normalized spacial score (nSPS) is 10.1. The van der Waals surface area contributed by atoms with Crippen molar-refractivity contribution >= 4 is 11.8 Å². The molecule has 0 spiro atoms. The highest BCUT2D eigenvalue weighted by atomic mass is 16.5. The lowest BCUT2D eigenvalue weighted by molar-refractivity contribution is -0.123. The summed E-state index contributed by atoms with van der Waals surface area (Å²) in [6.07, 6.45) is 0. The van der Waals surface area contributed by atoms with Crippen LogP contribution in [0.1, 0.15) is 15.9 Å². The number of carbonyl (C=O) groups is 2. The largest absolute Gasteiger partial charge is 0.497 e. The summed E-state index contributed by atoms with van der Waals surface area (Å²) >= 11 is 0. The summed E-state index contributed by atoms with van der Waals surface area (Å²) in [6, 6.07) is 21.5. The van der Waals surface area contributed by atoms with Crippen LogP contribution in [0.2, 0.25) is 0 Å². The molecule has 0 aliphatic rings. The van der Waals surface area contributed by atoms with E-state index in [-0.39, 0.29) is 12.2 Å². The zero-order chi connectivity index (χ0) is 22.8. The molecule has 0 aliphatic heterocycles. The van der Waals surface area contributed by atoms with E-state index < -0.39 is 11.8 Å². The maximum Gasteiger partial charge on any atom is 0.276 e. The number of nitrogens with one attached hydrogen (secondary N) is 2. The molecule has 0 bridgehead atoms. The minimum atomic E-state index is -0.530. The zero-order valence-corrected chi connectivity index (χ0v) is 17.8. The van der Waals surface area contributed by atoms with Crippen molar-refractivity contribution in [2.45, 2.75) is 6.61 Å². The minimum absolute atomic E-state index is 0.251. The molecule has 166 valence electrons. The van der Waals surface area contributed by atoms with Gasteiger partial charge < -0.3 is 18.9 Å².